The maximum atomic E-state index is 5.75. The fourth-order valence-corrected chi connectivity index (χ4v) is 1.55. The summed E-state index contributed by atoms with van der Waals surface area (Å²) in [6.45, 7) is 3.31. The van der Waals surface area contributed by atoms with E-state index in [2.05, 4.69) is 5.10 Å². The Morgan fingerprint density at radius 2 is 2.25 bits per heavy atom. The topological polar surface area (TPSA) is 53.1 Å². The monoisotopic (exact) mass is 217 g/mol. The Morgan fingerprint density at radius 1 is 1.38 bits per heavy atom. The predicted octanol–water partition coefficient (Wildman–Crippen LogP) is 1.91. The minimum absolute atomic E-state index is 0.666. The number of rotatable bonds is 4. The molecule has 0 saturated heterocycles. The highest BCUT2D eigenvalue weighted by molar-refractivity contribution is 5.31. The Hall–Kier alpha value is -1.97. The quantitative estimate of drug-likeness (QED) is 0.851. The molecule has 0 aliphatic heterocycles. The van der Waals surface area contributed by atoms with E-state index >= 15 is 0 Å². The fourth-order valence-electron chi connectivity index (χ4n) is 1.55. The Bertz CT molecular complexity index is 465. The van der Waals surface area contributed by atoms with E-state index < -0.39 is 0 Å². The average molecular weight is 217 g/mol. The van der Waals surface area contributed by atoms with Crippen molar-refractivity contribution in [3.05, 3.63) is 42.1 Å². The number of benzene rings is 1. The summed E-state index contributed by atoms with van der Waals surface area (Å²) in [7, 11) is 0. The number of aromatic nitrogens is 2. The molecule has 0 unspecified atom stereocenters. The van der Waals surface area contributed by atoms with Crippen LogP contribution in [0.2, 0.25) is 0 Å². The van der Waals surface area contributed by atoms with Crippen molar-refractivity contribution in [2.24, 2.45) is 0 Å². The van der Waals surface area contributed by atoms with E-state index in [0.29, 0.717) is 19.0 Å². The lowest BCUT2D eigenvalue weighted by molar-refractivity contribution is 0.340. The van der Waals surface area contributed by atoms with Crippen LogP contribution in [0.15, 0.2) is 36.5 Å². The van der Waals surface area contributed by atoms with Crippen LogP contribution in [0.5, 0.6) is 5.75 Å². The Labute approximate surface area is 94.6 Å². The van der Waals surface area contributed by atoms with Crippen LogP contribution in [0, 0.1) is 0 Å². The molecule has 2 N–H and O–H groups in total. The summed E-state index contributed by atoms with van der Waals surface area (Å²) >= 11 is 0. The summed E-state index contributed by atoms with van der Waals surface area (Å²) in [5, 5.41) is 4.14. The molecular weight excluding hydrogens is 202 g/mol. The lowest BCUT2D eigenvalue weighted by Crippen LogP contribution is -2.05. The Balaban J connectivity index is 2.15. The van der Waals surface area contributed by atoms with E-state index in [0.717, 1.165) is 11.3 Å². The number of nitrogen functional groups attached to an aromatic ring is 1. The van der Waals surface area contributed by atoms with Crippen molar-refractivity contribution >= 4 is 5.82 Å². The summed E-state index contributed by atoms with van der Waals surface area (Å²) in [4.78, 5) is 0. The van der Waals surface area contributed by atoms with E-state index in [9.17, 15) is 0 Å². The van der Waals surface area contributed by atoms with E-state index in [4.69, 9.17) is 10.5 Å². The summed E-state index contributed by atoms with van der Waals surface area (Å²) < 4.78 is 7.19. The molecule has 0 spiro atoms. The van der Waals surface area contributed by atoms with Gasteiger partial charge < -0.3 is 10.5 Å². The lowest BCUT2D eigenvalue weighted by Gasteiger charge is -2.07. The lowest BCUT2D eigenvalue weighted by atomic mass is 10.2. The molecule has 84 valence electrons. The zero-order valence-electron chi connectivity index (χ0n) is 9.26. The molecule has 0 saturated carbocycles. The van der Waals surface area contributed by atoms with Crippen LogP contribution in [0.1, 0.15) is 12.5 Å². The van der Waals surface area contributed by atoms with Gasteiger partial charge in [0.1, 0.15) is 11.6 Å². The number of ether oxygens (including phenoxy) is 1. The van der Waals surface area contributed by atoms with Crippen LogP contribution in [-0.4, -0.2) is 16.4 Å². The molecule has 1 heterocycles. The highest BCUT2D eigenvalue weighted by Gasteiger charge is 2.00. The first kappa shape index (κ1) is 10.5. The summed E-state index contributed by atoms with van der Waals surface area (Å²) in [5.41, 5.74) is 6.88. The van der Waals surface area contributed by atoms with Crippen LogP contribution >= 0.6 is 0 Å². The van der Waals surface area contributed by atoms with Gasteiger partial charge in [-0.3, -0.25) is 0 Å². The number of anilines is 1. The number of hydrogen-bond acceptors (Lipinski definition) is 3. The molecule has 0 atom stereocenters. The molecule has 0 fully saturated rings. The van der Waals surface area contributed by atoms with Gasteiger partial charge in [-0.1, -0.05) is 12.1 Å². The molecular formula is C12H15N3O. The van der Waals surface area contributed by atoms with Gasteiger partial charge in [0.25, 0.3) is 0 Å². The van der Waals surface area contributed by atoms with Gasteiger partial charge in [0.2, 0.25) is 0 Å². The van der Waals surface area contributed by atoms with Crippen LogP contribution in [0.25, 0.3) is 0 Å². The van der Waals surface area contributed by atoms with Gasteiger partial charge in [-0.05, 0) is 30.7 Å². The predicted molar refractivity (Wildman–Crippen MR) is 63.4 cm³/mol. The summed E-state index contributed by atoms with van der Waals surface area (Å²) in [5.74, 6) is 1.55. The van der Waals surface area contributed by atoms with Crippen LogP contribution in [0.4, 0.5) is 5.82 Å². The third kappa shape index (κ3) is 2.34. The van der Waals surface area contributed by atoms with Crippen molar-refractivity contribution in [1.29, 1.82) is 0 Å². The molecule has 2 aromatic rings. The van der Waals surface area contributed by atoms with Crippen molar-refractivity contribution in [2.45, 2.75) is 13.5 Å². The van der Waals surface area contributed by atoms with Gasteiger partial charge in [-0.15, -0.1) is 0 Å². The van der Waals surface area contributed by atoms with Crippen LogP contribution < -0.4 is 10.5 Å². The highest BCUT2D eigenvalue weighted by atomic mass is 16.5. The number of hydrogen-bond donors (Lipinski definition) is 1. The van der Waals surface area contributed by atoms with Gasteiger partial charge in [0.05, 0.1) is 19.3 Å². The second kappa shape index (κ2) is 4.70. The zero-order valence-corrected chi connectivity index (χ0v) is 9.26. The van der Waals surface area contributed by atoms with Gasteiger partial charge in [-0.25, -0.2) is 4.68 Å². The van der Waals surface area contributed by atoms with Gasteiger partial charge in [-0.2, -0.15) is 5.10 Å². The first-order valence-corrected chi connectivity index (χ1v) is 5.28. The molecule has 16 heavy (non-hydrogen) atoms. The maximum Gasteiger partial charge on any atom is 0.122 e. The van der Waals surface area contributed by atoms with Crippen LogP contribution in [0.3, 0.4) is 0 Å². The molecule has 4 nitrogen and oxygen atoms in total. The van der Waals surface area contributed by atoms with Crippen molar-refractivity contribution < 1.29 is 4.74 Å². The van der Waals surface area contributed by atoms with Crippen molar-refractivity contribution in [3.8, 4) is 5.75 Å². The normalized spacial score (nSPS) is 10.3. The van der Waals surface area contributed by atoms with Crippen molar-refractivity contribution in [3.63, 3.8) is 0 Å². The summed E-state index contributed by atoms with van der Waals surface area (Å²) in [6, 6.07) is 9.74. The molecule has 4 heteroatoms. The van der Waals surface area contributed by atoms with E-state index in [-0.39, 0.29) is 0 Å². The summed E-state index contributed by atoms with van der Waals surface area (Å²) in [6.07, 6.45) is 1.70. The smallest absolute Gasteiger partial charge is 0.122 e. The Morgan fingerprint density at radius 3 is 2.94 bits per heavy atom. The van der Waals surface area contributed by atoms with Gasteiger partial charge >= 0.3 is 0 Å². The fraction of sp³-hybridized carbons (Fsp3) is 0.250. The number of nitrogens with two attached hydrogens (primary N) is 1. The Kier molecular flexibility index (Phi) is 3.10. The van der Waals surface area contributed by atoms with Crippen LogP contribution in [-0.2, 0) is 6.54 Å². The molecule has 0 bridgehead atoms. The van der Waals surface area contributed by atoms with Gasteiger partial charge in [0, 0.05) is 0 Å². The molecule has 1 aromatic carbocycles. The molecule has 2 rings (SSSR count). The number of nitrogens with zero attached hydrogens (tertiary/aromatic N) is 2. The maximum absolute atomic E-state index is 5.75. The van der Waals surface area contributed by atoms with Crippen molar-refractivity contribution in [1.82, 2.24) is 9.78 Å². The highest BCUT2D eigenvalue weighted by Crippen LogP contribution is 2.15. The largest absolute Gasteiger partial charge is 0.494 e. The first-order chi connectivity index (χ1) is 7.79. The SMILES string of the molecule is CCOc1cccc(Cn2nccc2N)c1. The van der Waals surface area contributed by atoms with Gasteiger partial charge in [0.15, 0.2) is 0 Å². The molecule has 0 amide bonds. The molecule has 0 radical (unpaired) electrons. The van der Waals surface area contributed by atoms with E-state index in [1.165, 1.54) is 0 Å². The minimum atomic E-state index is 0.666. The molecule has 0 aliphatic rings. The zero-order chi connectivity index (χ0) is 11.4. The molecule has 0 aliphatic carbocycles. The second-order valence-corrected chi connectivity index (χ2v) is 3.49. The molecule has 1 aromatic heterocycles. The second-order valence-electron chi connectivity index (χ2n) is 3.49. The average Bonchev–Trinajstić information content (AvgIpc) is 2.66. The standard InChI is InChI=1S/C12H15N3O/c1-2-16-11-5-3-4-10(8-11)9-15-12(13)6-7-14-15/h3-8H,2,9,13H2,1H3. The third-order valence-corrected chi connectivity index (χ3v) is 2.29. The third-order valence-electron chi connectivity index (χ3n) is 2.29. The minimum Gasteiger partial charge on any atom is -0.494 e. The van der Waals surface area contributed by atoms with E-state index in [1.54, 1.807) is 16.9 Å². The van der Waals surface area contributed by atoms with E-state index in [1.807, 2.05) is 31.2 Å². The van der Waals surface area contributed by atoms with Crippen molar-refractivity contribution in [2.75, 3.05) is 12.3 Å². The first-order valence-electron chi connectivity index (χ1n) is 5.28.